The van der Waals surface area contributed by atoms with Crippen LogP contribution < -0.4 is 5.73 Å². The molecule has 0 radical (unpaired) electrons. The average molecular weight is 317 g/mol. The number of carbonyl (C=O) groups is 2. The van der Waals surface area contributed by atoms with Crippen LogP contribution in [0.5, 0.6) is 0 Å². The summed E-state index contributed by atoms with van der Waals surface area (Å²) in [6.45, 7) is 7.18. The molecule has 7 nitrogen and oxygen atoms in total. The predicted molar refractivity (Wildman–Crippen MR) is 80.2 cm³/mol. The highest BCUT2D eigenvalue weighted by Gasteiger charge is 2.27. The molecule has 0 atom stereocenters. The van der Waals surface area contributed by atoms with E-state index in [1.54, 1.807) is 9.80 Å². The number of piperazine rings is 1. The molecule has 1 saturated heterocycles. The van der Waals surface area contributed by atoms with E-state index in [-0.39, 0.29) is 16.8 Å². The third-order valence-corrected chi connectivity index (χ3v) is 3.23. The zero-order valence-corrected chi connectivity index (χ0v) is 13.2. The van der Waals surface area contributed by atoms with E-state index in [2.05, 4.69) is 0 Å². The SMILES string of the molecule is CC(C)(C)OC(=O)N1CCN(C(C=N)=C(Cl)C(N)=O)CC1. The monoisotopic (exact) mass is 316 g/mol. The molecule has 1 fully saturated rings. The average Bonchev–Trinajstić information content (AvgIpc) is 2.38. The van der Waals surface area contributed by atoms with Crippen LogP contribution in [0.2, 0.25) is 0 Å². The molecule has 1 aliphatic rings. The topological polar surface area (TPSA) is 99.7 Å². The van der Waals surface area contributed by atoms with Gasteiger partial charge in [0.1, 0.15) is 10.6 Å². The lowest BCUT2D eigenvalue weighted by Crippen LogP contribution is -2.50. The van der Waals surface area contributed by atoms with E-state index in [0.717, 1.165) is 6.21 Å². The summed E-state index contributed by atoms with van der Waals surface area (Å²) in [7, 11) is 0. The van der Waals surface area contributed by atoms with Gasteiger partial charge in [0.2, 0.25) is 0 Å². The van der Waals surface area contributed by atoms with Crippen LogP contribution in [0.15, 0.2) is 10.7 Å². The van der Waals surface area contributed by atoms with Crippen molar-refractivity contribution >= 4 is 29.8 Å². The Hall–Kier alpha value is -1.76. The standard InChI is InChI=1S/C13H21ClN4O3/c1-13(2,3)21-12(20)18-6-4-17(5-7-18)9(8-15)10(14)11(16)19/h8,15H,4-7H2,1-3H3,(H2,16,19). The molecule has 21 heavy (non-hydrogen) atoms. The third kappa shape index (κ3) is 4.93. The fraction of sp³-hybridized carbons (Fsp3) is 0.615. The zero-order chi connectivity index (χ0) is 16.2. The maximum atomic E-state index is 11.9. The van der Waals surface area contributed by atoms with E-state index < -0.39 is 11.5 Å². The molecular weight excluding hydrogens is 296 g/mol. The van der Waals surface area contributed by atoms with Crippen molar-refractivity contribution in [2.75, 3.05) is 26.2 Å². The number of allylic oxidation sites excluding steroid dienone is 1. The Labute approximate surface area is 129 Å². The Kier molecular flexibility index (Phi) is 5.60. The summed E-state index contributed by atoms with van der Waals surface area (Å²) in [5.74, 6) is -0.773. The minimum atomic E-state index is -0.773. The van der Waals surface area contributed by atoms with Crippen LogP contribution in [-0.4, -0.2) is 59.8 Å². The van der Waals surface area contributed by atoms with Crippen molar-refractivity contribution in [2.45, 2.75) is 26.4 Å². The molecule has 1 heterocycles. The first-order chi connectivity index (χ1) is 9.65. The van der Waals surface area contributed by atoms with Gasteiger partial charge in [-0.3, -0.25) is 4.79 Å². The number of hydrogen-bond donors (Lipinski definition) is 2. The van der Waals surface area contributed by atoms with Crippen molar-refractivity contribution in [1.29, 1.82) is 5.41 Å². The van der Waals surface area contributed by atoms with Gasteiger partial charge in [0.05, 0.1) is 5.70 Å². The lowest BCUT2D eigenvalue weighted by Gasteiger charge is -2.37. The first-order valence-electron chi connectivity index (χ1n) is 6.58. The molecule has 1 rings (SSSR count). The first kappa shape index (κ1) is 17.3. The summed E-state index contributed by atoms with van der Waals surface area (Å²) in [6, 6.07) is 0. The Balaban J connectivity index is 2.67. The fourth-order valence-corrected chi connectivity index (χ4v) is 2.05. The van der Waals surface area contributed by atoms with Crippen molar-refractivity contribution in [3.8, 4) is 0 Å². The molecule has 0 saturated carbocycles. The molecule has 0 bridgehead atoms. The minimum Gasteiger partial charge on any atom is -0.444 e. The van der Waals surface area contributed by atoms with Gasteiger partial charge >= 0.3 is 6.09 Å². The van der Waals surface area contributed by atoms with E-state index in [9.17, 15) is 9.59 Å². The summed E-state index contributed by atoms with van der Waals surface area (Å²) >= 11 is 5.81. The maximum absolute atomic E-state index is 11.9. The van der Waals surface area contributed by atoms with Crippen LogP contribution in [0, 0.1) is 5.41 Å². The van der Waals surface area contributed by atoms with Gasteiger partial charge in [0, 0.05) is 32.4 Å². The summed E-state index contributed by atoms with van der Waals surface area (Å²) in [5, 5.41) is 7.18. The number of carbonyl (C=O) groups excluding carboxylic acids is 2. The zero-order valence-electron chi connectivity index (χ0n) is 12.5. The molecule has 0 aromatic heterocycles. The molecule has 0 aromatic rings. The first-order valence-corrected chi connectivity index (χ1v) is 6.96. The molecule has 0 aliphatic carbocycles. The largest absolute Gasteiger partial charge is 0.444 e. The molecule has 0 aromatic carbocycles. The minimum absolute atomic E-state index is 0.171. The number of ether oxygens (including phenoxy) is 1. The smallest absolute Gasteiger partial charge is 0.410 e. The second-order valence-corrected chi connectivity index (χ2v) is 6.04. The molecule has 0 spiro atoms. The van der Waals surface area contributed by atoms with Crippen LogP contribution in [0.25, 0.3) is 0 Å². The molecule has 118 valence electrons. The third-order valence-electron chi connectivity index (χ3n) is 2.85. The van der Waals surface area contributed by atoms with Gasteiger partial charge in [-0.25, -0.2) is 4.79 Å². The Morgan fingerprint density at radius 2 is 1.67 bits per heavy atom. The molecular formula is C13H21ClN4O3. The van der Waals surface area contributed by atoms with Gasteiger partial charge in [-0.05, 0) is 20.8 Å². The van der Waals surface area contributed by atoms with Gasteiger partial charge in [0.15, 0.2) is 0 Å². The number of primary amides is 1. The highest BCUT2D eigenvalue weighted by atomic mass is 35.5. The van der Waals surface area contributed by atoms with Crippen LogP contribution in [0.1, 0.15) is 20.8 Å². The summed E-state index contributed by atoms with van der Waals surface area (Å²) < 4.78 is 5.30. The van der Waals surface area contributed by atoms with Crippen molar-refractivity contribution in [1.82, 2.24) is 9.80 Å². The van der Waals surface area contributed by atoms with Crippen molar-refractivity contribution < 1.29 is 14.3 Å². The maximum Gasteiger partial charge on any atom is 0.410 e. The number of amides is 2. The van der Waals surface area contributed by atoms with Gasteiger partial charge in [0.25, 0.3) is 5.91 Å². The lowest BCUT2D eigenvalue weighted by atomic mass is 10.2. The predicted octanol–water partition coefficient (Wildman–Crippen LogP) is 1.12. The van der Waals surface area contributed by atoms with Crippen molar-refractivity contribution in [2.24, 2.45) is 5.73 Å². The summed E-state index contributed by atoms with van der Waals surface area (Å²) in [6.07, 6.45) is 0.625. The van der Waals surface area contributed by atoms with E-state index in [1.165, 1.54) is 0 Å². The molecule has 2 amide bonds. The van der Waals surface area contributed by atoms with Gasteiger partial charge < -0.3 is 25.7 Å². The van der Waals surface area contributed by atoms with Crippen LogP contribution in [0.3, 0.4) is 0 Å². The number of nitrogens with one attached hydrogen (secondary N) is 1. The normalized spacial score (nSPS) is 17.1. The number of halogens is 1. The lowest BCUT2D eigenvalue weighted by molar-refractivity contribution is -0.114. The van der Waals surface area contributed by atoms with E-state index >= 15 is 0 Å². The van der Waals surface area contributed by atoms with Crippen molar-refractivity contribution in [3.05, 3.63) is 10.7 Å². The van der Waals surface area contributed by atoms with Gasteiger partial charge in [-0.1, -0.05) is 11.6 Å². The summed E-state index contributed by atoms with van der Waals surface area (Å²) in [5.41, 5.74) is 4.85. The molecule has 1 aliphatic heterocycles. The van der Waals surface area contributed by atoms with Crippen LogP contribution in [0.4, 0.5) is 4.79 Å². The van der Waals surface area contributed by atoms with E-state index in [0.29, 0.717) is 26.2 Å². The van der Waals surface area contributed by atoms with Crippen LogP contribution >= 0.6 is 11.6 Å². The number of hydrogen-bond acceptors (Lipinski definition) is 5. The summed E-state index contributed by atoms with van der Waals surface area (Å²) in [4.78, 5) is 26.4. The fourth-order valence-electron chi connectivity index (χ4n) is 1.88. The highest BCUT2D eigenvalue weighted by molar-refractivity contribution is 6.43. The van der Waals surface area contributed by atoms with Gasteiger partial charge in [-0.15, -0.1) is 0 Å². The van der Waals surface area contributed by atoms with Crippen molar-refractivity contribution in [3.63, 3.8) is 0 Å². The highest BCUT2D eigenvalue weighted by Crippen LogP contribution is 2.17. The second kappa shape index (κ2) is 6.80. The molecule has 8 heteroatoms. The number of nitrogens with zero attached hydrogens (tertiary/aromatic N) is 2. The second-order valence-electron chi connectivity index (χ2n) is 5.66. The molecule has 3 N–H and O–H groups in total. The number of nitrogens with two attached hydrogens (primary N) is 1. The van der Waals surface area contributed by atoms with E-state index in [4.69, 9.17) is 27.5 Å². The number of rotatable bonds is 3. The Morgan fingerprint density at radius 3 is 2.05 bits per heavy atom. The van der Waals surface area contributed by atoms with Gasteiger partial charge in [-0.2, -0.15) is 0 Å². The Morgan fingerprint density at radius 1 is 1.19 bits per heavy atom. The van der Waals surface area contributed by atoms with E-state index in [1.807, 2.05) is 20.8 Å². The van der Waals surface area contributed by atoms with Crippen LogP contribution in [-0.2, 0) is 9.53 Å². The quantitative estimate of drug-likeness (QED) is 0.602. The Bertz CT molecular complexity index is 463. The molecule has 0 unspecified atom stereocenters.